The Balaban J connectivity index is 1.38. The van der Waals surface area contributed by atoms with Gasteiger partial charge in [-0.25, -0.2) is 8.42 Å². The fourth-order valence-electron chi connectivity index (χ4n) is 4.15. The van der Waals surface area contributed by atoms with Gasteiger partial charge in [0, 0.05) is 13.1 Å². The van der Waals surface area contributed by atoms with Gasteiger partial charge in [-0.1, -0.05) is 6.07 Å². The molecule has 156 valence electrons. The Kier molecular flexibility index (Phi) is 5.89. The van der Waals surface area contributed by atoms with E-state index in [1.165, 1.54) is 9.87 Å². The van der Waals surface area contributed by atoms with E-state index >= 15 is 0 Å². The van der Waals surface area contributed by atoms with Crippen molar-refractivity contribution in [3.05, 3.63) is 59.2 Å². The zero-order valence-corrected chi connectivity index (χ0v) is 17.5. The van der Waals surface area contributed by atoms with E-state index < -0.39 is 10.0 Å². The molecule has 30 heavy (non-hydrogen) atoms. The molecule has 0 spiro atoms. The van der Waals surface area contributed by atoms with Gasteiger partial charge in [-0.15, -0.1) is 0 Å². The second-order valence-corrected chi connectivity index (χ2v) is 9.81. The molecule has 0 N–H and O–H groups in total. The number of esters is 1. The second kappa shape index (κ2) is 8.58. The predicted molar refractivity (Wildman–Crippen MR) is 111 cm³/mol. The van der Waals surface area contributed by atoms with Crippen molar-refractivity contribution in [2.75, 3.05) is 13.1 Å². The number of nitrogens with zero attached hydrogens (tertiary/aromatic N) is 2. The molecule has 1 aliphatic carbocycles. The molecule has 2 aromatic rings. The van der Waals surface area contributed by atoms with Crippen molar-refractivity contribution >= 4 is 16.0 Å². The molecular formula is C23H24N2O4S. The molecule has 0 radical (unpaired) electrons. The Labute approximate surface area is 177 Å². The number of ether oxygens (including phenoxy) is 1. The summed E-state index contributed by atoms with van der Waals surface area (Å²) in [5.74, 6) is -0.302. The predicted octanol–water partition coefficient (Wildman–Crippen LogP) is 3.44. The first-order valence-electron chi connectivity index (χ1n) is 10.3. The number of sulfonamides is 1. The minimum absolute atomic E-state index is 0.298. The van der Waals surface area contributed by atoms with Crippen LogP contribution < -0.4 is 4.74 Å². The highest BCUT2D eigenvalue weighted by Gasteiger charge is 2.33. The van der Waals surface area contributed by atoms with E-state index in [1.807, 2.05) is 18.2 Å². The van der Waals surface area contributed by atoms with Crippen LogP contribution in [0.5, 0.6) is 5.75 Å². The van der Waals surface area contributed by atoms with Crippen molar-refractivity contribution in [1.29, 1.82) is 5.26 Å². The van der Waals surface area contributed by atoms with Gasteiger partial charge in [0.05, 0.1) is 22.4 Å². The zero-order valence-electron chi connectivity index (χ0n) is 16.7. The summed E-state index contributed by atoms with van der Waals surface area (Å²) >= 11 is 0. The minimum Gasteiger partial charge on any atom is -0.426 e. The van der Waals surface area contributed by atoms with Crippen LogP contribution in [0.2, 0.25) is 0 Å². The number of nitriles is 1. The Morgan fingerprint density at radius 3 is 2.33 bits per heavy atom. The highest BCUT2D eigenvalue weighted by molar-refractivity contribution is 7.89. The van der Waals surface area contributed by atoms with Gasteiger partial charge < -0.3 is 4.74 Å². The largest absolute Gasteiger partial charge is 0.426 e. The number of carbonyl (C=O) groups excluding carboxylic acids is 1. The third kappa shape index (κ3) is 4.25. The molecule has 0 bridgehead atoms. The smallest absolute Gasteiger partial charge is 0.314 e. The zero-order chi connectivity index (χ0) is 21.1. The van der Waals surface area contributed by atoms with E-state index in [0.29, 0.717) is 42.1 Å². The number of hydrogen-bond acceptors (Lipinski definition) is 5. The number of aryl methyl sites for hydroxylation is 2. The molecule has 7 heteroatoms. The quantitative estimate of drug-likeness (QED) is 0.554. The molecule has 0 amide bonds. The van der Waals surface area contributed by atoms with E-state index in [9.17, 15) is 13.2 Å². The maximum absolute atomic E-state index is 13.1. The topological polar surface area (TPSA) is 87.5 Å². The highest BCUT2D eigenvalue weighted by Crippen LogP contribution is 2.29. The fraction of sp³-hybridized carbons (Fsp3) is 0.391. The van der Waals surface area contributed by atoms with E-state index in [1.54, 1.807) is 30.3 Å². The summed E-state index contributed by atoms with van der Waals surface area (Å²) < 4.78 is 33.0. The molecule has 1 saturated heterocycles. The lowest BCUT2D eigenvalue weighted by Gasteiger charge is -2.30. The average Bonchev–Trinajstić information content (AvgIpc) is 2.79. The molecule has 0 atom stereocenters. The van der Waals surface area contributed by atoms with Crippen LogP contribution in [0.3, 0.4) is 0 Å². The normalized spacial score (nSPS) is 17.7. The number of carbonyl (C=O) groups is 1. The summed E-state index contributed by atoms with van der Waals surface area (Å²) in [7, 11) is -3.56. The molecule has 0 aromatic heterocycles. The minimum atomic E-state index is -3.56. The van der Waals surface area contributed by atoms with Crippen molar-refractivity contribution in [2.45, 2.75) is 43.4 Å². The Bertz CT molecular complexity index is 1080. The number of benzene rings is 2. The van der Waals surface area contributed by atoms with Crippen molar-refractivity contribution in [3.8, 4) is 11.8 Å². The molecule has 0 unspecified atom stereocenters. The lowest BCUT2D eigenvalue weighted by Crippen LogP contribution is -2.41. The number of hydrogen-bond donors (Lipinski definition) is 0. The Morgan fingerprint density at radius 2 is 1.67 bits per heavy atom. The second-order valence-electron chi connectivity index (χ2n) is 7.87. The summed E-state index contributed by atoms with van der Waals surface area (Å²) in [5.41, 5.74) is 2.89. The summed E-state index contributed by atoms with van der Waals surface area (Å²) in [6.45, 7) is 0.596. The van der Waals surface area contributed by atoms with Crippen LogP contribution in [0.15, 0.2) is 47.4 Å². The van der Waals surface area contributed by atoms with Gasteiger partial charge in [-0.3, -0.25) is 4.79 Å². The van der Waals surface area contributed by atoms with E-state index in [4.69, 9.17) is 10.00 Å². The first-order valence-corrected chi connectivity index (χ1v) is 11.8. The van der Waals surface area contributed by atoms with Crippen LogP contribution in [0.25, 0.3) is 0 Å². The molecule has 1 fully saturated rings. The van der Waals surface area contributed by atoms with Gasteiger partial charge in [0.1, 0.15) is 5.75 Å². The van der Waals surface area contributed by atoms with Gasteiger partial charge in [-0.2, -0.15) is 9.57 Å². The third-order valence-electron chi connectivity index (χ3n) is 5.95. The summed E-state index contributed by atoms with van der Waals surface area (Å²) in [5, 5.41) is 8.83. The molecular weight excluding hydrogens is 400 g/mol. The Morgan fingerprint density at radius 1 is 1.00 bits per heavy atom. The summed E-state index contributed by atoms with van der Waals surface area (Å²) in [6, 6.07) is 13.9. The third-order valence-corrected chi connectivity index (χ3v) is 7.84. The van der Waals surface area contributed by atoms with Crippen LogP contribution in [0.4, 0.5) is 0 Å². The van der Waals surface area contributed by atoms with Gasteiger partial charge >= 0.3 is 5.97 Å². The van der Waals surface area contributed by atoms with Crippen LogP contribution in [-0.2, 0) is 27.7 Å². The number of rotatable bonds is 4. The van der Waals surface area contributed by atoms with E-state index in [0.717, 1.165) is 31.2 Å². The van der Waals surface area contributed by atoms with Gasteiger partial charge in [0.25, 0.3) is 0 Å². The molecule has 6 nitrogen and oxygen atoms in total. The van der Waals surface area contributed by atoms with Crippen molar-refractivity contribution in [3.63, 3.8) is 0 Å². The monoisotopic (exact) mass is 424 g/mol. The van der Waals surface area contributed by atoms with Gasteiger partial charge in [0.15, 0.2) is 0 Å². The van der Waals surface area contributed by atoms with Gasteiger partial charge in [-0.05, 0) is 86.1 Å². The number of fused-ring (bicyclic) bond motifs is 1. The fourth-order valence-corrected chi connectivity index (χ4v) is 5.67. The van der Waals surface area contributed by atoms with Crippen molar-refractivity contribution < 1.29 is 17.9 Å². The SMILES string of the molecule is N#Cc1ccc(OC(=O)C2CCN(S(=O)(=O)c3ccc4c(c3)CCCC4)CC2)cc1. The maximum atomic E-state index is 13.1. The van der Waals surface area contributed by atoms with Gasteiger partial charge in [0.2, 0.25) is 10.0 Å². The average molecular weight is 425 g/mol. The lowest BCUT2D eigenvalue weighted by atomic mass is 9.92. The molecule has 1 heterocycles. The van der Waals surface area contributed by atoms with Crippen LogP contribution in [0, 0.1) is 17.2 Å². The molecule has 2 aliphatic rings. The van der Waals surface area contributed by atoms with Crippen LogP contribution in [-0.4, -0.2) is 31.8 Å². The standard InChI is InChI=1S/C23H24N2O4S/c24-16-17-5-8-21(9-6-17)29-23(26)19-11-13-25(14-12-19)30(27,28)22-10-7-18-3-1-2-4-20(18)15-22/h5-10,15,19H,1-4,11-14H2. The lowest BCUT2D eigenvalue weighted by molar-refractivity contribution is -0.140. The Hall–Kier alpha value is -2.69. The van der Waals surface area contributed by atoms with Crippen molar-refractivity contribution in [2.24, 2.45) is 5.92 Å². The van der Waals surface area contributed by atoms with E-state index in [2.05, 4.69) is 0 Å². The summed E-state index contributed by atoms with van der Waals surface area (Å²) in [6.07, 6.45) is 5.07. The summed E-state index contributed by atoms with van der Waals surface area (Å²) in [4.78, 5) is 12.8. The van der Waals surface area contributed by atoms with Crippen molar-refractivity contribution in [1.82, 2.24) is 4.31 Å². The molecule has 1 aliphatic heterocycles. The molecule has 2 aromatic carbocycles. The van der Waals surface area contributed by atoms with Crippen LogP contribution >= 0.6 is 0 Å². The number of piperidine rings is 1. The first-order chi connectivity index (χ1) is 14.5. The molecule has 4 rings (SSSR count). The highest BCUT2D eigenvalue weighted by atomic mass is 32.2. The van der Waals surface area contributed by atoms with E-state index in [-0.39, 0.29) is 11.9 Å². The maximum Gasteiger partial charge on any atom is 0.314 e. The first kappa shape index (κ1) is 20.6. The van der Waals surface area contributed by atoms with Crippen LogP contribution in [0.1, 0.15) is 42.4 Å². The molecule has 0 saturated carbocycles.